The van der Waals surface area contributed by atoms with Crippen molar-refractivity contribution in [1.29, 1.82) is 0 Å². The molecule has 1 aromatic heterocycles. The summed E-state index contributed by atoms with van der Waals surface area (Å²) < 4.78 is 2.35. The topological polar surface area (TPSA) is 47.1 Å². The average Bonchev–Trinajstić information content (AvgIpc) is 2.93. The lowest BCUT2D eigenvalue weighted by Crippen LogP contribution is -2.33. The van der Waals surface area contributed by atoms with E-state index in [-0.39, 0.29) is 6.04 Å². The summed E-state index contributed by atoms with van der Waals surface area (Å²) in [6.45, 7) is 6.76. The zero-order valence-electron chi connectivity index (χ0n) is 13.7. The van der Waals surface area contributed by atoms with E-state index in [9.17, 15) is 0 Å². The predicted octanol–water partition coefficient (Wildman–Crippen LogP) is 3.32. The highest BCUT2D eigenvalue weighted by atomic mass is 15.2. The van der Waals surface area contributed by atoms with E-state index < -0.39 is 0 Å². The summed E-state index contributed by atoms with van der Waals surface area (Å²) in [5.41, 5.74) is 8.68. The van der Waals surface area contributed by atoms with Gasteiger partial charge in [-0.1, -0.05) is 31.9 Å². The molecule has 1 aromatic carbocycles. The van der Waals surface area contributed by atoms with Gasteiger partial charge < -0.3 is 15.2 Å². The number of fused-ring (bicyclic) bond motifs is 1. The molecule has 1 aliphatic heterocycles. The lowest BCUT2D eigenvalue weighted by molar-refractivity contribution is 0.220. The molecule has 0 radical (unpaired) electrons. The zero-order valence-corrected chi connectivity index (χ0v) is 13.7. The maximum atomic E-state index is 6.38. The summed E-state index contributed by atoms with van der Waals surface area (Å²) in [5, 5.41) is 0. The lowest BCUT2D eigenvalue weighted by atomic mass is 10.1. The number of para-hydroxylation sites is 2. The summed E-state index contributed by atoms with van der Waals surface area (Å²) in [7, 11) is 0. The highest BCUT2D eigenvalue weighted by molar-refractivity contribution is 5.76. The first-order chi connectivity index (χ1) is 10.8. The van der Waals surface area contributed by atoms with Crippen molar-refractivity contribution in [3.63, 3.8) is 0 Å². The van der Waals surface area contributed by atoms with Gasteiger partial charge in [0.1, 0.15) is 5.82 Å². The van der Waals surface area contributed by atoms with Crippen LogP contribution < -0.4 is 5.73 Å². The van der Waals surface area contributed by atoms with Crippen molar-refractivity contribution in [2.75, 3.05) is 19.6 Å². The summed E-state index contributed by atoms with van der Waals surface area (Å²) in [6.07, 6.45) is 6.15. The Balaban J connectivity index is 1.83. The smallest absolute Gasteiger partial charge is 0.126 e. The first-order valence-electron chi connectivity index (χ1n) is 8.72. The molecule has 0 saturated carbocycles. The second-order valence-electron chi connectivity index (χ2n) is 6.41. The second kappa shape index (κ2) is 7.25. The molecule has 4 heteroatoms. The molecule has 120 valence electrons. The summed E-state index contributed by atoms with van der Waals surface area (Å²) in [5.74, 6) is 1.06. The van der Waals surface area contributed by atoms with Crippen molar-refractivity contribution < 1.29 is 0 Å². The van der Waals surface area contributed by atoms with Crippen LogP contribution in [-0.4, -0.2) is 34.1 Å². The Labute approximate surface area is 133 Å². The molecule has 4 nitrogen and oxygen atoms in total. The minimum atomic E-state index is 0.0405. The number of benzene rings is 1. The van der Waals surface area contributed by atoms with Crippen molar-refractivity contribution in [2.45, 2.75) is 51.6 Å². The molecule has 1 unspecified atom stereocenters. The SMILES string of the molecule is CCCC(N)c1nc2ccccc2n1CCN1CCCCC1. The molecule has 2 heterocycles. The average molecular weight is 300 g/mol. The Morgan fingerprint density at radius 3 is 2.68 bits per heavy atom. The molecule has 0 bridgehead atoms. The number of rotatable bonds is 6. The van der Waals surface area contributed by atoms with Crippen LogP contribution in [0.5, 0.6) is 0 Å². The minimum Gasteiger partial charge on any atom is -0.325 e. The molecule has 1 atom stereocenters. The monoisotopic (exact) mass is 300 g/mol. The molecular weight excluding hydrogens is 272 g/mol. The van der Waals surface area contributed by atoms with E-state index in [1.54, 1.807) is 0 Å². The van der Waals surface area contributed by atoms with Crippen molar-refractivity contribution in [3.8, 4) is 0 Å². The van der Waals surface area contributed by atoms with Crippen LogP contribution in [0, 0.1) is 0 Å². The van der Waals surface area contributed by atoms with Gasteiger partial charge in [0.15, 0.2) is 0 Å². The van der Waals surface area contributed by atoms with E-state index in [4.69, 9.17) is 10.7 Å². The van der Waals surface area contributed by atoms with E-state index in [0.717, 1.165) is 37.3 Å². The quantitative estimate of drug-likeness (QED) is 0.890. The predicted molar refractivity (Wildman–Crippen MR) is 91.9 cm³/mol. The molecule has 2 N–H and O–H groups in total. The normalized spacial score (nSPS) is 17.9. The molecule has 0 spiro atoms. The molecule has 1 aliphatic rings. The zero-order chi connectivity index (χ0) is 15.4. The van der Waals surface area contributed by atoms with Crippen LogP contribution in [0.1, 0.15) is 50.9 Å². The standard InChI is InChI=1S/C18H28N4/c1-2-8-15(19)18-20-16-9-4-5-10-17(16)22(18)14-13-21-11-6-3-7-12-21/h4-5,9-10,15H,2-3,6-8,11-14,19H2,1H3. The van der Waals surface area contributed by atoms with Gasteiger partial charge in [-0.25, -0.2) is 4.98 Å². The fraction of sp³-hybridized carbons (Fsp3) is 0.611. The van der Waals surface area contributed by atoms with E-state index in [1.165, 1.54) is 37.9 Å². The van der Waals surface area contributed by atoms with Gasteiger partial charge in [-0.15, -0.1) is 0 Å². The van der Waals surface area contributed by atoms with E-state index >= 15 is 0 Å². The first-order valence-corrected chi connectivity index (χ1v) is 8.72. The number of imidazole rings is 1. The van der Waals surface area contributed by atoms with E-state index in [0.29, 0.717) is 0 Å². The highest BCUT2D eigenvalue weighted by Gasteiger charge is 2.17. The minimum absolute atomic E-state index is 0.0405. The number of aromatic nitrogens is 2. The Kier molecular flexibility index (Phi) is 5.11. The van der Waals surface area contributed by atoms with Gasteiger partial charge in [0.2, 0.25) is 0 Å². The summed E-state index contributed by atoms with van der Waals surface area (Å²) in [4.78, 5) is 7.39. The van der Waals surface area contributed by atoms with E-state index in [2.05, 4.69) is 40.7 Å². The molecule has 2 aromatic rings. The molecule has 1 fully saturated rings. The van der Waals surface area contributed by atoms with Gasteiger partial charge in [-0.2, -0.15) is 0 Å². The Bertz CT molecular complexity index is 598. The second-order valence-corrected chi connectivity index (χ2v) is 6.41. The highest BCUT2D eigenvalue weighted by Crippen LogP contribution is 2.22. The molecule has 0 aliphatic carbocycles. The van der Waals surface area contributed by atoms with Gasteiger partial charge in [0.25, 0.3) is 0 Å². The number of nitrogens with zero attached hydrogens (tertiary/aromatic N) is 3. The molecule has 0 amide bonds. The third-order valence-electron chi connectivity index (χ3n) is 4.70. The van der Waals surface area contributed by atoms with Crippen molar-refractivity contribution in [2.24, 2.45) is 5.73 Å². The van der Waals surface area contributed by atoms with Gasteiger partial charge in [-0.05, 0) is 44.5 Å². The van der Waals surface area contributed by atoms with Crippen LogP contribution in [0.3, 0.4) is 0 Å². The lowest BCUT2D eigenvalue weighted by Gasteiger charge is -2.27. The number of hydrogen-bond acceptors (Lipinski definition) is 3. The van der Waals surface area contributed by atoms with Crippen molar-refractivity contribution in [1.82, 2.24) is 14.5 Å². The van der Waals surface area contributed by atoms with Crippen LogP contribution in [0.2, 0.25) is 0 Å². The number of likely N-dealkylation sites (tertiary alicyclic amines) is 1. The van der Waals surface area contributed by atoms with Gasteiger partial charge in [0, 0.05) is 13.1 Å². The third-order valence-corrected chi connectivity index (χ3v) is 4.70. The van der Waals surface area contributed by atoms with Gasteiger partial charge in [-0.3, -0.25) is 0 Å². The Morgan fingerprint density at radius 1 is 1.14 bits per heavy atom. The fourth-order valence-corrected chi connectivity index (χ4v) is 3.48. The molecule has 22 heavy (non-hydrogen) atoms. The maximum Gasteiger partial charge on any atom is 0.126 e. The molecule has 3 rings (SSSR count). The van der Waals surface area contributed by atoms with Crippen LogP contribution in [0.15, 0.2) is 24.3 Å². The van der Waals surface area contributed by atoms with Crippen LogP contribution in [-0.2, 0) is 6.54 Å². The summed E-state index contributed by atoms with van der Waals surface area (Å²) >= 11 is 0. The number of piperidine rings is 1. The number of nitrogens with two attached hydrogens (primary N) is 1. The Hall–Kier alpha value is -1.39. The van der Waals surface area contributed by atoms with Crippen LogP contribution in [0.4, 0.5) is 0 Å². The van der Waals surface area contributed by atoms with Gasteiger partial charge >= 0.3 is 0 Å². The van der Waals surface area contributed by atoms with Gasteiger partial charge in [0.05, 0.1) is 17.1 Å². The number of hydrogen-bond donors (Lipinski definition) is 1. The van der Waals surface area contributed by atoms with E-state index in [1.807, 2.05) is 0 Å². The maximum absolute atomic E-state index is 6.38. The first kappa shape index (κ1) is 15.5. The van der Waals surface area contributed by atoms with Crippen LogP contribution >= 0.6 is 0 Å². The third kappa shape index (κ3) is 3.33. The molecule has 1 saturated heterocycles. The Morgan fingerprint density at radius 2 is 1.91 bits per heavy atom. The van der Waals surface area contributed by atoms with Crippen molar-refractivity contribution in [3.05, 3.63) is 30.1 Å². The fourth-order valence-electron chi connectivity index (χ4n) is 3.48. The summed E-state index contributed by atoms with van der Waals surface area (Å²) in [6, 6.07) is 8.45. The van der Waals surface area contributed by atoms with Crippen LogP contribution in [0.25, 0.3) is 11.0 Å². The largest absolute Gasteiger partial charge is 0.325 e. The molecular formula is C18H28N4. The van der Waals surface area contributed by atoms with Crippen molar-refractivity contribution >= 4 is 11.0 Å².